The fourth-order valence-corrected chi connectivity index (χ4v) is 4.68. The van der Waals surface area contributed by atoms with Gasteiger partial charge in [0, 0.05) is 17.2 Å². The Morgan fingerprint density at radius 1 is 0.872 bits per heavy atom. The third-order valence-electron chi connectivity index (χ3n) is 7.09. The van der Waals surface area contributed by atoms with Crippen LogP contribution in [0.1, 0.15) is 27.8 Å². The largest absolute Gasteiger partial charge is 0.497 e. The van der Waals surface area contributed by atoms with Crippen molar-refractivity contribution in [3.63, 3.8) is 0 Å². The van der Waals surface area contributed by atoms with Crippen LogP contribution in [0.3, 0.4) is 0 Å². The first kappa shape index (κ1) is 25.7. The molecule has 7 heteroatoms. The fraction of sp³-hybridized carbons (Fsp3) is 0.156. The first-order valence-corrected chi connectivity index (χ1v) is 12.5. The molecule has 0 atom stereocenters. The van der Waals surface area contributed by atoms with Crippen LogP contribution in [0.4, 0.5) is 10.5 Å². The van der Waals surface area contributed by atoms with E-state index in [1.807, 2.05) is 39.0 Å². The lowest BCUT2D eigenvalue weighted by atomic mass is 10.0. The third-order valence-corrected chi connectivity index (χ3v) is 7.09. The Morgan fingerprint density at radius 2 is 1.67 bits per heavy atom. The maximum atomic E-state index is 13.5. The van der Waals surface area contributed by atoms with Gasteiger partial charge in [0.25, 0.3) is 11.8 Å². The molecule has 1 fully saturated rings. The van der Waals surface area contributed by atoms with Crippen molar-refractivity contribution >= 4 is 40.4 Å². The van der Waals surface area contributed by atoms with Gasteiger partial charge in [-0.2, -0.15) is 0 Å². The van der Waals surface area contributed by atoms with E-state index in [0.29, 0.717) is 22.7 Å². The molecule has 0 saturated carbocycles. The number of carbonyl (C=O) groups is 3. The van der Waals surface area contributed by atoms with Gasteiger partial charge in [0.15, 0.2) is 0 Å². The van der Waals surface area contributed by atoms with Crippen molar-refractivity contribution in [1.29, 1.82) is 0 Å². The van der Waals surface area contributed by atoms with Crippen molar-refractivity contribution in [3.8, 4) is 11.5 Å². The minimum absolute atomic E-state index is 0.174. The Bertz CT molecular complexity index is 1670. The zero-order valence-corrected chi connectivity index (χ0v) is 22.2. The standard InChI is InChI=1S/C32H28N2O5/c1-19-8-7-11-28(21(19)3)34-31(36)26(30(35)33-32(34)37)16-23-14-15-24(38-4)17-29(23)39-18-27-20(2)12-13-22-9-5-6-10-25(22)27/h5-17H,18H2,1-4H3,(H,33,35,37)/b26-16+. The molecule has 0 aliphatic carbocycles. The van der Waals surface area contributed by atoms with Crippen molar-refractivity contribution in [2.45, 2.75) is 27.4 Å². The number of methoxy groups -OCH3 is 1. The summed E-state index contributed by atoms with van der Waals surface area (Å²) in [6, 6.07) is 21.9. The highest BCUT2D eigenvalue weighted by Crippen LogP contribution is 2.32. The number of aryl methyl sites for hydroxylation is 2. The third kappa shape index (κ3) is 4.86. The highest BCUT2D eigenvalue weighted by Gasteiger charge is 2.37. The lowest BCUT2D eigenvalue weighted by Gasteiger charge is -2.28. The van der Waals surface area contributed by atoms with Crippen LogP contribution in [-0.4, -0.2) is 25.0 Å². The smallest absolute Gasteiger partial charge is 0.335 e. The monoisotopic (exact) mass is 520 g/mol. The molecule has 1 aliphatic heterocycles. The normalized spacial score (nSPS) is 14.6. The zero-order chi connectivity index (χ0) is 27.7. The van der Waals surface area contributed by atoms with Gasteiger partial charge in [-0.05, 0) is 72.5 Å². The van der Waals surface area contributed by atoms with Gasteiger partial charge in [-0.25, -0.2) is 9.69 Å². The minimum Gasteiger partial charge on any atom is -0.497 e. The molecule has 0 aromatic heterocycles. The van der Waals surface area contributed by atoms with Crippen molar-refractivity contribution < 1.29 is 23.9 Å². The lowest BCUT2D eigenvalue weighted by molar-refractivity contribution is -0.122. The van der Waals surface area contributed by atoms with E-state index in [4.69, 9.17) is 9.47 Å². The minimum atomic E-state index is -0.784. The molecule has 0 unspecified atom stereocenters. The molecule has 1 aliphatic rings. The number of hydrogen-bond donors (Lipinski definition) is 1. The molecule has 0 spiro atoms. The van der Waals surface area contributed by atoms with Gasteiger partial charge in [0.05, 0.1) is 12.8 Å². The zero-order valence-electron chi connectivity index (χ0n) is 22.2. The van der Waals surface area contributed by atoms with Crippen LogP contribution in [-0.2, 0) is 16.2 Å². The number of barbiturate groups is 1. The van der Waals surface area contributed by atoms with Crippen LogP contribution >= 0.6 is 0 Å². The lowest BCUT2D eigenvalue weighted by Crippen LogP contribution is -2.54. The van der Waals surface area contributed by atoms with Gasteiger partial charge < -0.3 is 9.47 Å². The van der Waals surface area contributed by atoms with Crippen molar-refractivity contribution in [1.82, 2.24) is 5.32 Å². The molecule has 1 N–H and O–H groups in total. The summed E-state index contributed by atoms with van der Waals surface area (Å²) < 4.78 is 11.7. The predicted octanol–water partition coefficient (Wildman–Crippen LogP) is 6.02. The second-order valence-electron chi connectivity index (χ2n) is 9.45. The van der Waals surface area contributed by atoms with E-state index in [2.05, 4.69) is 29.6 Å². The van der Waals surface area contributed by atoms with Crippen molar-refractivity contribution in [3.05, 3.63) is 106 Å². The molecule has 0 radical (unpaired) electrons. The Labute approximate surface area is 226 Å². The Balaban J connectivity index is 1.53. The maximum Gasteiger partial charge on any atom is 0.335 e. The molecule has 7 nitrogen and oxygen atoms in total. The first-order chi connectivity index (χ1) is 18.8. The summed E-state index contributed by atoms with van der Waals surface area (Å²) in [4.78, 5) is 40.1. The Morgan fingerprint density at radius 3 is 2.46 bits per heavy atom. The van der Waals surface area contributed by atoms with Crippen LogP contribution in [0.15, 0.2) is 78.4 Å². The molecule has 4 aromatic rings. The average Bonchev–Trinajstić information content (AvgIpc) is 2.93. The number of ether oxygens (including phenoxy) is 2. The summed E-state index contributed by atoms with van der Waals surface area (Å²) in [5.41, 5.74) is 4.57. The van der Waals surface area contributed by atoms with Crippen molar-refractivity contribution in [2.24, 2.45) is 0 Å². The number of anilines is 1. The second-order valence-corrected chi connectivity index (χ2v) is 9.45. The van der Waals surface area contributed by atoms with Crippen LogP contribution < -0.4 is 19.7 Å². The number of imide groups is 2. The van der Waals surface area contributed by atoms with Gasteiger partial charge >= 0.3 is 6.03 Å². The van der Waals surface area contributed by atoms with Crippen LogP contribution in [0.25, 0.3) is 16.8 Å². The maximum absolute atomic E-state index is 13.5. The highest BCUT2D eigenvalue weighted by molar-refractivity contribution is 6.39. The summed E-state index contributed by atoms with van der Waals surface area (Å²) in [5.74, 6) is -0.472. The van der Waals surface area contributed by atoms with E-state index in [0.717, 1.165) is 37.9 Å². The first-order valence-electron chi connectivity index (χ1n) is 12.5. The van der Waals surface area contributed by atoms with Gasteiger partial charge in [-0.1, -0.05) is 48.5 Å². The number of hydrogen-bond acceptors (Lipinski definition) is 5. The molecular formula is C32H28N2O5. The number of amides is 4. The summed E-state index contributed by atoms with van der Waals surface area (Å²) in [6.45, 7) is 6.02. The number of carbonyl (C=O) groups excluding carboxylic acids is 3. The summed E-state index contributed by atoms with van der Waals surface area (Å²) in [5, 5.41) is 4.49. The summed E-state index contributed by atoms with van der Waals surface area (Å²) >= 11 is 0. The Hall–Kier alpha value is -4.91. The molecule has 4 amide bonds. The number of rotatable bonds is 6. The van der Waals surface area contributed by atoms with E-state index in [1.165, 1.54) is 6.08 Å². The summed E-state index contributed by atoms with van der Waals surface area (Å²) in [6.07, 6.45) is 1.45. The topological polar surface area (TPSA) is 84.9 Å². The van der Waals surface area contributed by atoms with Crippen LogP contribution in [0, 0.1) is 20.8 Å². The molecule has 1 heterocycles. The van der Waals surface area contributed by atoms with Gasteiger partial charge in [-0.15, -0.1) is 0 Å². The molecule has 4 aromatic carbocycles. The fourth-order valence-electron chi connectivity index (χ4n) is 4.68. The number of benzene rings is 4. The van der Waals surface area contributed by atoms with Gasteiger partial charge in [0.2, 0.25) is 0 Å². The summed E-state index contributed by atoms with van der Waals surface area (Å²) in [7, 11) is 1.55. The van der Waals surface area contributed by atoms with Gasteiger partial charge in [-0.3, -0.25) is 14.9 Å². The molecule has 39 heavy (non-hydrogen) atoms. The van der Waals surface area contributed by atoms with Crippen LogP contribution in [0.2, 0.25) is 0 Å². The quantitative estimate of drug-likeness (QED) is 0.248. The van der Waals surface area contributed by atoms with E-state index >= 15 is 0 Å². The van der Waals surface area contributed by atoms with E-state index < -0.39 is 17.8 Å². The van der Waals surface area contributed by atoms with E-state index in [1.54, 1.807) is 37.4 Å². The Kier molecular flexibility index (Phi) is 6.90. The number of nitrogens with zero attached hydrogens (tertiary/aromatic N) is 1. The molecule has 5 rings (SSSR count). The predicted molar refractivity (Wildman–Crippen MR) is 151 cm³/mol. The molecular weight excluding hydrogens is 492 g/mol. The van der Waals surface area contributed by atoms with E-state index in [9.17, 15) is 14.4 Å². The average molecular weight is 521 g/mol. The SMILES string of the molecule is COc1ccc(/C=C2\C(=O)NC(=O)N(c3cccc(C)c3C)C2=O)c(OCc2c(C)ccc3ccccc23)c1. The molecule has 196 valence electrons. The van der Waals surface area contributed by atoms with Crippen molar-refractivity contribution in [2.75, 3.05) is 12.0 Å². The second kappa shape index (κ2) is 10.5. The van der Waals surface area contributed by atoms with Gasteiger partial charge in [0.1, 0.15) is 23.7 Å². The number of nitrogens with one attached hydrogen (secondary N) is 1. The van der Waals surface area contributed by atoms with E-state index in [-0.39, 0.29) is 12.2 Å². The molecule has 1 saturated heterocycles. The van der Waals surface area contributed by atoms with Crippen LogP contribution in [0.5, 0.6) is 11.5 Å². The molecule has 0 bridgehead atoms. The highest BCUT2D eigenvalue weighted by atomic mass is 16.5. The number of fused-ring (bicyclic) bond motifs is 1. The number of urea groups is 1.